The smallest absolute Gasteiger partial charge is 0.243 e. The Bertz CT molecular complexity index is 1130. The Morgan fingerprint density at radius 1 is 0.941 bits per heavy atom. The fraction of sp³-hybridized carbons (Fsp3) is 0.500. The van der Waals surface area contributed by atoms with Crippen LogP contribution in [0.2, 0.25) is 0 Å². The molecule has 7 nitrogen and oxygen atoms in total. The van der Waals surface area contributed by atoms with Crippen molar-refractivity contribution >= 4 is 21.6 Å². The van der Waals surface area contributed by atoms with E-state index in [1.165, 1.54) is 17.1 Å². The van der Waals surface area contributed by atoms with E-state index in [4.69, 9.17) is 9.47 Å². The molecule has 2 aromatic rings. The molecule has 1 N–H and O–H groups in total. The van der Waals surface area contributed by atoms with Crippen LogP contribution in [0.1, 0.15) is 49.7 Å². The molecule has 1 aliphatic carbocycles. The number of aryl methyl sites for hydroxylation is 2. The van der Waals surface area contributed by atoms with Crippen molar-refractivity contribution in [3.05, 3.63) is 47.5 Å². The van der Waals surface area contributed by atoms with Crippen LogP contribution >= 0.6 is 0 Å². The molecular formula is C26H34N2O5S. The molecule has 0 aromatic heterocycles. The maximum Gasteiger partial charge on any atom is 0.243 e. The number of sulfonamides is 1. The second-order valence-electron chi connectivity index (χ2n) is 9.30. The molecule has 0 spiro atoms. The number of piperidine rings is 1. The van der Waals surface area contributed by atoms with Crippen molar-refractivity contribution in [3.8, 4) is 11.5 Å². The SMILES string of the molecule is COc1ccc(NC(=O)C2CCN(S(=O)(=O)c3ccc(C)c(C)c3)CC2)cc1OC1CCCC1. The first-order valence-corrected chi connectivity index (χ1v) is 13.4. The van der Waals surface area contributed by atoms with Crippen molar-refractivity contribution < 1.29 is 22.7 Å². The van der Waals surface area contributed by atoms with Gasteiger partial charge in [-0.05, 0) is 87.8 Å². The van der Waals surface area contributed by atoms with Crippen LogP contribution < -0.4 is 14.8 Å². The molecule has 1 saturated carbocycles. The van der Waals surface area contributed by atoms with E-state index in [1.807, 2.05) is 26.0 Å². The number of carbonyl (C=O) groups is 1. The van der Waals surface area contributed by atoms with Crippen molar-refractivity contribution in [2.45, 2.75) is 63.4 Å². The Kier molecular flexibility index (Phi) is 7.48. The summed E-state index contributed by atoms with van der Waals surface area (Å²) in [5, 5.41) is 2.98. The van der Waals surface area contributed by atoms with Gasteiger partial charge in [0.25, 0.3) is 0 Å². The normalized spacial score (nSPS) is 18.1. The number of amides is 1. The van der Waals surface area contributed by atoms with E-state index in [9.17, 15) is 13.2 Å². The van der Waals surface area contributed by atoms with Crippen LogP contribution in [-0.4, -0.2) is 44.9 Å². The van der Waals surface area contributed by atoms with E-state index < -0.39 is 10.0 Å². The van der Waals surface area contributed by atoms with Crippen molar-refractivity contribution in [1.29, 1.82) is 0 Å². The van der Waals surface area contributed by atoms with Crippen LogP contribution in [0, 0.1) is 19.8 Å². The number of ether oxygens (including phenoxy) is 2. The van der Waals surface area contributed by atoms with Crippen molar-refractivity contribution in [2.75, 3.05) is 25.5 Å². The highest BCUT2D eigenvalue weighted by Gasteiger charge is 2.32. The topological polar surface area (TPSA) is 84.9 Å². The van der Waals surface area contributed by atoms with E-state index in [1.54, 1.807) is 31.4 Å². The molecule has 2 aliphatic rings. The maximum atomic E-state index is 13.1. The Morgan fingerprint density at radius 2 is 1.65 bits per heavy atom. The monoisotopic (exact) mass is 486 g/mol. The van der Waals surface area contributed by atoms with Crippen LogP contribution in [0.5, 0.6) is 11.5 Å². The quantitative estimate of drug-likeness (QED) is 0.615. The first-order valence-electron chi connectivity index (χ1n) is 12.0. The van der Waals surface area contributed by atoms with Gasteiger partial charge in [0, 0.05) is 30.8 Å². The van der Waals surface area contributed by atoms with Crippen LogP contribution in [-0.2, 0) is 14.8 Å². The molecule has 1 saturated heterocycles. The van der Waals surface area contributed by atoms with Gasteiger partial charge in [0.05, 0.1) is 18.1 Å². The Labute approximate surface area is 202 Å². The molecule has 184 valence electrons. The van der Waals surface area contributed by atoms with Gasteiger partial charge in [0.2, 0.25) is 15.9 Å². The Balaban J connectivity index is 1.37. The van der Waals surface area contributed by atoms with Crippen LogP contribution in [0.15, 0.2) is 41.3 Å². The average molecular weight is 487 g/mol. The zero-order valence-corrected chi connectivity index (χ0v) is 21.0. The minimum atomic E-state index is -3.56. The van der Waals surface area contributed by atoms with Gasteiger partial charge in [-0.2, -0.15) is 4.31 Å². The Morgan fingerprint density at radius 3 is 2.29 bits per heavy atom. The second kappa shape index (κ2) is 10.4. The summed E-state index contributed by atoms with van der Waals surface area (Å²) >= 11 is 0. The third-order valence-electron chi connectivity index (χ3n) is 6.97. The van der Waals surface area contributed by atoms with E-state index in [0.29, 0.717) is 48.0 Å². The fourth-order valence-electron chi connectivity index (χ4n) is 4.66. The van der Waals surface area contributed by atoms with Gasteiger partial charge in [-0.25, -0.2) is 8.42 Å². The molecule has 8 heteroatoms. The van der Waals surface area contributed by atoms with Gasteiger partial charge in [0.1, 0.15) is 0 Å². The number of rotatable bonds is 7. The van der Waals surface area contributed by atoms with E-state index in [-0.39, 0.29) is 17.9 Å². The maximum absolute atomic E-state index is 13.1. The van der Waals surface area contributed by atoms with Gasteiger partial charge in [-0.3, -0.25) is 4.79 Å². The number of nitrogens with one attached hydrogen (secondary N) is 1. The molecule has 34 heavy (non-hydrogen) atoms. The summed E-state index contributed by atoms with van der Waals surface area (Å²) in [6.45, 7) is 4.52. The second-order valence-corrected chi connectivity index (χ2v) is 11.2. The van der Waals surface area contributed by atoms with Crippen molar-refractivity contribution in [2.24, 2.45) is 5.92 Å². The molecule has 4 rings (SSSR count). The number of benzene rings is 2. The summed E-state index contributed by atoms with van der Waals surface area (Å²) in [4.78, 5) is 13.2. The molecule has 2 fully saturated rings. The third-order valence-corrected chi connectivity index (χ3v) is 8.86. The van der Waals surface area contributed by atoms with Crippen LogP contribution in [0.3, 0.4) is 0 Å². The minimum absolute atomic E-state index is 0.0970. The average Bonchev–Trinajstić information content (AvgIpc) is 3.34. The largest absolute Gasteiger partial charge is 0.493 e. The Hall–Kier alpha value is -2.58. The van der Waals surface area contributed by atoms with Gasteiger partial charge in [-0.1, -0.05) is 6.07 Å². The number of hydrogen-bond donors (Lipinski definition) is 1. The first-order chi connectivity index (χ1) is 16.3. The molecule has 0 bridgehead atoms. The van der Waals surface area contributed by atoms with Crippen LogP contribution in [0.4, 0.5) is 5.69 Å². The summed E-state index contributed by atoms with van der Waals surface area (Å²) in [6.07, 6.45) is 5.55. The lowest BCUT2D eigenvalue weighted by molar-refractivity contribution is -0.120. The van der Waals surface area contributed by atoms with E-state index in [0.717, 1.165) is 24.0 Å². The van der Waals surface area contributed by atoms with Gasteiger partial charge in [-0.15, -0.1) is 0 Å². The lowest BCUT2D eigenvalue weighted by Crippen LogP contribution is -2.41. The van der Waals surface area contributed by atoms with Crippen molar-refractivity contribution in [1.82, 2.24) is 4.31 Å². The minimum Gasteiger partial charge on any atom is -0.493 e. The third kappa shape index (κ3) is 5.39. The van der Waals surface area contributed by atoms with E-state index in [2.05, 4.69) is 5.32 Å². The van der Waals surface area contributed by atoms with Gasteiger partial charge >= 0.3 is 0 Å². The molecule has 2 aromatic carbocycles. The summed E-state index contributed by atoms with van der Waals surface area (Å²) in [5.41, 5.74) is 2.67. The summed E-state index contributed by atoms with van der Waals surface area (Å²) in [6, 6.07) is 10.6. The van der Waals surface area contributed by atoms with Gasteiger partial charge < -0.3 is 14.8 Å². The predicted molar refractivity (Wildman–Crippen MR) is 132 cm³/mol. The molecule has 1 amide bonds. The zero-order chi connectivity index (χ0) is 24.3. The highest BCUT2D eigenvalue weighted by atomic mass is 32.2. The molecule has 0 radical (unpaired) electrons. The fourth-order valence-corrected chi connectivity index (χ4v) is 6.21. The highest BCUT2D eigenvalue weighted by molar-refractivity contribution is 7.89. The molecule has 1 aliphatic heterocycles. The van der Waals surface area contributed by atoms with E-state index >= 15 is 0 Å². The molecule has 0 unspecified atom stereocenters. The molecule has 1 heterocycles. The standard InChI is InChI=1S/C26H34N2O5S/c1-18-8-10-23(16-19(18)2)34(30,31)28-14-12-20(13-15-28)26(29)27-21-9-11-24(32-3)25(17-21)33-22-6-4-5-7-22/h8-11,16-17,20,22H,4-7,12-15H2,1-3H3,(H,27,29). The highest BCUT2D eigenvalue weighted by Crippen LogP contribution is 2.34. The number of carbonyl (C=O) groups excluding carboxylic acids is 1. The number of nitrogens with zero attached hydrogens (tertiary/aromatic N) is 1. The molecular weight excluding hydrogens is 452 g/mol. The lowest BCUT2D eigenvalue weighted by atomic mass is 9.97. The summed E-state index contributed by atoms with van der Waals surface area (Å²) in [7, 11) is -1.96. The predicted octanol–water partition coefficient (Wildman–Crippen LogP) is 4.67. The number of hydrogen-bond acceptors (Lipinski definition) is 5. The summed E-state index contributed by atoms with van der Waals surface area (Å²) < 4.78 is 39.2. The van der Waals surface area contributed by atoms with Gasteiger partial charge in [0.15, 0.2) is 11.5 Å². The van der Waals surface area contributed by atoms with Crippen molar-refractivity contribution in [3.63, 3.8) is 0 Å². The zero-order valence-electron chi connectivity index (χ0n) is 20.2. The lowest BCUT2D eigenvalue weighted by Gasteiger charge is -2.30. The molecule has 0 atom stereocenters. The summed E-state index contributed by atoms with van der Waals surface area (Å²) in [5.74, 6) is 0.948. The van der Waals surface area contributed by atoms with Crippen LogP contribution in [0.25, 0.3) is 0 Å². The number of anilines is 1. The number of methoxy groups -OCH3 is 1. The first kappa shape index (κ1) is 24.5.